The predicted octanol–water partition coefficient (Wildman–Crippen LogP) is 3.24. The zero-order chi connectivity index (χ0) is 21.3. The largest absolute Gasteiger partial charge is 0.368 e. The van der Waals surface area contributed by atoms with Gasteiger partial charge in [-0.15, -0.1) is 0 Å². The second-order valence-electron chi connectivity index (χ2n) is 7.52. The number of hydrogen-bond donors (Lipinski definition) is 0. The SMILES string of the molecule is CN1C(=O)COC(C(=O)N2CCN(c3ccc(Cl)cc3)CC2)C1c1ccc(Cl)cc1. The van der Waals surface area contributed by atoms with E-state index in [0.717, 1.165) is 24.3 Å². The molecule has 30 heavy (non-hydrogen) atoms. The zero-order valence-corrected chi connectivity index (χ0v) is 18.1. The number of nitrogens with zero attached hydrogens (tertiary/aromatic N) is 3. The second kappa shape index (κ2) is 8.84. The van der Waals surface area contributed by atoms with E-state index in [9.17, 15) is 9.59 Å². The molecular weight excluding hydrogens is 425 g/mol. The van der Waals surface area contributed by atoms with E-state index in [0.29, 0.717) is 23.1 Å². The summed E-state index contributed by atoms with van der Waals surface area (Å²) < 4.78 is 5.75. The van der Waals surface area contributed by atoms with Crippen molar-refractivity contribution >= 4 is 40.7 Å². The molecule has 0 N–H and O–H groups in total. The molecule has 0 aliphatic carbocycles. The quantitative estimate of drug-likeness (QED) is 0.724. The number of halogens is 2. The van der Waals surface area contributed by atoms with Gasteiger partial charge in [-0.2, -0.15) is 0 Å². The Morgan fingerprint density at radius 3 is 2.10 bits per heavy atom. The molecule has 4 rings (SSSR count). The molecule has 6 nitrogen and oxygen atoms in total. The van der Waals surface area contributed by atoms with Crippen molar-refractivity contribution in [2.24, 2.45) is 0 Å². The second-order valence-corrected chi connectivity index (χ2v) is 8.39. The average molecular weight is 448 g/mol. The van der Waals surface area contributed by atoms with Gasteiger partial charge in [-0.1, -0.05) is 35.3 Å². The van der Waals surface area contributed by atoms with Crippen molar-refractivity contribution in [2.45, 2.75) is 12.1 Å². The third kappa shape index (κ3) is 4.26. The van der Waals surface area contributed by atoms with E-state index < -0.39 is 12.1 Å². The van der Waals surface area contributed by atoms with Crippen molar-refractivity contribution in [3.63, 3.8) is 0 Å². The van der Waals surface area contributed by atoms with Gasteiger partial charge in [-0.3, -0.25) is 9.59 Å². The van der Waals surface area contributed by atoms with Crippen molar-refractivity contribution in [3.8, 4) is 0 Å². The van der Waals surface area contributed by atoms with Gasteiger partial charge in [0, 0.05) is 49.0 Å². The molecule has 2 aromatic rings. The Morgan fingerprint density at radius 2 is 1.50 bits per heavy atom. The monoisotopic (exact) mass is 447 g/mol. The number of carbonyl (C=O) groups is 2. The Bertz CT molecular complexity index is 912. The highest BCUT2D eigenvalue weighted by Gasteiger charge is 2.42. The number of benzene rings is 2. The Balaban J connectivity index is 1.48. The molecule has 2 aliphatic rings. The van der Waals surface area contributed by atoms with Crippen molar-refractivity contribution in [1.29, 1.82) is 0 Å². The number of morpholine rings is 1. The molecule has 158 valence electrons. The number of anilines is 1. The van der Waals surface area contributed by atoms with Crippen LogP contribution in [0.4, 0.5) is 5.69 Å². The summed E-state index contributed by atoms with van der Waals surface area (Å²) in [6, 6.07) is 14.4. The van der Waals surface area contributed by atoms with Crippen LogP contribution in [-0.4, -0.2) is 67.6 Å². The van der Waals surface area contributed by atoms with E-state index in [1.165, 1.54) is 0 Å². The van der Waals surface area contributed by atoms with Crippen LogP contribution in [0.3, 0.4) is 0 Å². The molecule has 0 spiro atoms. The Labute approximate surface area is 185 Å². The Morgan fingerprint density at radius 1 is 0.933 bits per heavy atom. The summed E-state index contributed by atoms with van der Waals surface area (Å²) in [6.45, 7) is 2.53. The lowest BCUT2D eigenvalue weighted by molar-refractivity contribution is -0.167. The Hall–Kier alpha value is -2.28. The van der Waals surface area contributed by atoms with Crippen LogP contribution in [-0.2, 0) is 14.3 Å². The fraction of sp³-hybridized carbons (Fsp3) is 0.364. The molecule has 2 fully saturated rings. The predicted molar refractivity (Wildman–Crippen MR) is 117 cm³/mol. The van der Waals surface area contributed by atoms with Gasteiger partial charge in [0.1, 0.15) is 6.61 Å². The summed E-state index contributed by atoms with van der Waals surface area (Å²) in [5.41, 5.74) is 1.91. The lowest BCUT2D eigenvalue weighted by atomic mass is 9.97. The molecule has 2 aromatic carbocycles. The summed E-state index contributed by atoms with van der Waals surface area (Å²) in [5, 5.41) is 1.31. The molecule has 2 aliphatic heterocycles. The standard InChI is InChI=1S/C22H23Cl2N3O3/c1-25-19(28)14-30-21(20(25)15-2-4-16(23)5-3-15)22(29)27-12-10-26(11-13-27)18-8-6-17(24)7-9-18/h2-9,20-21H,10-14H2,1H3. The van der Waals surface area contributed by atoms with Gasteiger partial charge in [-0.25, -0.2) is 0 Å². The van der Waals surface area contributed by atoms with Crippen LogP contribution in [0.2, 0.25) is 10.0 Å². The third-order valence-corrected chi connectivity index (χ3v) is 6.23. The molecule has 0 radical (unpaired) electrons. The summed E-state index contributed by atoms with van der Waals surface area (Å²) in [4.78, 5) is 31.2. The van der Waals surface area contributed by atoms with Crippen LogP contribution in [0.15, 0.2) is 48.5 Å². The van der Waals surface area contributed by atoms with Gasteiger partial charge < -0.3 is 19.4 Å². The van der Waals surface area contributed by atoms with E-state index in [4.69, 9.17) is 27.9 Å². The highest BCUT2D eigenvalue weighted by molar-refractivity contribution is 6.30. The van der Waals surface area contributed by atoms with Gasteiger partial charge >= 0.3 is 0 Å². The van der Waals surface area contributed by atoms with E-state index in [-0.39, 0.29) is 18.4 Å². The summed E-state index contributed by atoms with van der Waals surface area (Å²) >= 11 is 12.0. The first-order valence-corrected chi connectivity index (χ1v) is 10.6. The van der Waals surface area contributed by atoms with E-state index in [1.807, 2.05) is 41.3 Å². The minimum atomic E-state index is -0.740. The van der Waals surface area contributed by atoms with Crippen LogP contribution >= 0.6 is 23.2 Å². The molecule has 0 saturated carbocycles. The number of hydrogen-bond acceptors (Lipinski definition) is 4. The first-order valence-electron chi connectivity index (χ1n) is 9.86. The molecule has 2 atom stereocenters. The zero-order valence-electron chi connectivity index (χ0n) is 16.6. The first-order chi connectivity index (χ1) is 14.4. The summed E-state index contributed by atoms with van der Waals surface area (Å²) in [6.07, 6.45) is -0.740. The highest BCUT2D eigenvalue weighted by Crippen LogP contribution is 2.31. The minimum absolute atomic E-state index is 0.0925. The molecule has 2 unspecified atom stereocenters. The third-order valence-electron chi connectivity index (χ3n) is 5.72. The molecule has 2 heterocycles. The fourth-order valence-corrected chi connectivity index (χ4v) is 4.25. The number of rotatable bonds is 3. The molecule has 0 bridgehead atoms. The Kier molecular flexibility index (Phi) is 6.18. The van der Waals surface area contributed by atoms with Gasteiger partial charge in [0.25, 0.3) is 5.91 Å². The topological polar surface area (TPSA) is 53.1 Å². The van der Waals surface area contributed by atoms with Gasteiger partial charge in [-0.05, 0) is 42.0 Å². The van der Waals surface area contributed by atoms with Crippen LogP contribution in [0.5, 0.6) is 0 Å². The van der Waals surface area contributed by atoms with E-state index in [2.05, 4.69) is 4.90 Å². The van der Waals surface area contributed by atoms with Crippen molar-refractivity contribution < 1.29 is 14.3 Å². The minimum Gasteiger partial charge on any atom is -0.368 e. The van der Waals surface area contributed by atoms with E-state index >= 15 is 0 Å². The van der Waals surface area contributed by atoms with Crippen molar-refractivity contribution in [3.05, 3.63) is 64.1 Å². The van der Waals surface area contributed by atoms with Crippen LogP contribution in [0.25, 0.3) is 0 Å². The normalized spacial score (nSPS) is 22.4. The van der Waals surface area contributed by atoms with E-state index in [1.54, 1.807) is 24.1 Å². The molecule has 2 amide bonds. The van der Waals surface area contributed by atoms with Gasteiger partial charge in [0.2, 0.25) is 5.91 Å². The lowest BCUT2D eigenvalue weighted by Gasteiger charge is -2.42. The lowest BCUT2D eigenvalue weighted by Crippen LogP contribution is -2.57. The summed E-state index contributed by atoms with van der Waals surface area (Å²) in [7, 11) is 1.71. The average Bonchev–Trinajstić information content (AvgIpc) is 2.76. The maximum atomic E-state index is 13.3. The van der Waals surface area contributed by atoms with Gasteiger partial charge in [0.05, 0.1) is 6.04 Å². The number of piperazine rings is 1. The highest BCUT2D eigenvalue weighted by atomic mass is 35.5. The van der Waals surface area contributed by atoms with Crippen molar-refractivity contribution in [2.75, 3.05) is 44.7 Å². The molecule has 8 heteroatoms. The van der Waals surface area contributed by atoms with Crippen molar-refractivity contribution in [1.82, 2.24) is 9.80 Å². The number of amides is 2. The van der Waals surface area contributed by atoms with Crippen LogP contribution in [0, 0.1) is 0 Å². The fourth-order valence-electron chi connectivity index (χ4n) is 3.99. The summed E-state index contributed by atoms with van der Waals surface area (Å²) in [5.74, 6) is -0.239. The molecular formula is C22H23Cl2N3O3. The van der Waals surface area contributed by atoms with Gasteiger partial charge in [0.15, 0.2) is 6.10 Å². The first kappa shape index (κ1) is 21.0. The van der Waals surface area contributed by atoms with Crippen LogP contribution in [0.1, 0.15) is 11.6 Å². The molecule has 2 saturated heterocycles. The molecule has 0 aromatic heterocycles. The van der Waals surface area contributed by atoms with Crippen LogP contribution < -0.4 is 4.90 Å². The maximum absolute atomic E-state index is 13.3. The number of ether oxygens (including phenoxy) is 1. The number of carbonyl (C=O) groups excluding carboxylic acids is 2. The maximum Gasteiger partial charge on any atom is 0.254 e. The smallest absolute Gasteiger partial charge is 0.254 e. The number of likely N-dealkylation sites (N-methyl/N-ethyl adjacent to an activating group) is 1.